The number of rotatable bonds is 9. The van der Waals surface area contributed by atoms with Crippen LogP contribution in [0.5, 0.6) is 5.75 Å². The van der Waals surface area contributed by atoms with Crippen LogP contribution in [0.1, 0.15) is 36.8 Å². The summed E-state index contributed by atoms with van der Waals surface area (Å²) < 4.78 is 5.82. The number of ether oxygens (including phenoxy) is 1. The number of halogens is 1. The van der Waals surface area contributed by atoms with Gasteiger partial charge in [0.25, 0.3) is 0 Å². The summed E-state index contributed by atoms with van der Waals surface area (Å²) in [7, 11) is 0. The average Bonchev–Trinajstić information content (AvgIpc) is 2.54. The molecule has 1 N–H and O–H groups in total. The van der Waals surface area contributed by atoms with Gasteiger partial charge in [-0.05, 0) is 54.7 Å². The zero-order valence-electron chi connectivity index (χ0n) is 12.8. The lowest BCUT2D eigenvalue weighted by molar-refractivity contribution is 0.282. The summed E-state index contributed by atoms with van der Waals surface area (Å²) in [5.74, 6) is 0.916. The van der Waals surface area contributed by atoms with Crippen molar-refractivity contribution in [1.82, 2.24) is 4.98 Å². The highest BCUT2D eigenvalue weighted by Crippen LogP contribution is 2.17. The highest BCUT2D eigenvalue weighted by atomic mass is 35.5. The first kappa shape index (κ1) is 18.5. The van der Waals surface area contributed by atoms with Crippen LogP contribution < -0.4 is 4.74 Å². The van der Waals surface area contributed by atoms with Crippen molar-refractivity contribution in [3.63, 3.8) is 0 Å². The van der Waals surface area contributed by atoms with E-state index in [0.717, 1.165) is 37.0 Å². The Balaban J connectivity index is 0.00000242. The molecule has 0 amide bonds. The molecule has 22 heavy (non-hydrogen) atoms. The van der Waals surface area contributed by atoms with Gasteiger partial charge in [0, 0.05) is 19.0 Å². The van der Waals surface area contributed by atoms with Crippen LogP contribution in [0.15, 0.2) is 48.8 Å². The smallest absolute Gasteiger partial charge is 0.120 e. The lowest BCUT2D eigenvalue weighted by atomic mass is 10.1. The van der Waals surface area contributed by atoms with Gasteiger partial charge in [-0.2, -0.15) is 0 Å². The van der Waals surface area contributed by atoms with E-state index in [1.807, 2.05) is 24.3 Å². The molecule has 120 valence electrons. The van der Waals surface area contributed by atoms with Crippen molar-refractivity contribution in [2.45, 2.75) is 38.7 Å². The molecule has 3 nitrogen and oxygen atoms in total. The maximum Gasteiger partial charge on any atom is 0.120 e. The van der Waals surface area contributed by atoms with Crippen molar-refractivity contribution < 1.29 is 9.84 Å². The lowest BCUT2D eigenvalue weighted by Gasteiger charge is -2.08. The van der Waals surface area contributed by atoms with Crippen molar-refractivity contribution in [2.24, 2.45) is 0 Å². The Kier molecular flexibility index (Phi) is 9.28. The third-order valence-electron chi connectivity index (χ3n) is 3.43. The molecule has 0 aliphatic carbocycles. The first-order valence-corrected chi connectivity index (χ1v) is 7.60. The molecule has 0 aliphatic heterocycles. The third-order valence-corrected chi connectivity index (χ3v) is 3.43. The van der Waals surface area contributed by atoms with Crippen LogP contribution in [0.2, 0.25) is 0 Å². The number of hydrogen-bond acceptors (Lipinski definition) is 3. The second-order valence-electron chi connectivity index (χ2n) is 5.18. The van der Waals surface area contributed by atoms with Crippen molar-refractivity contribution >= 4 is 12.4 Å². The highest BCUT2D eigenvalue weighted by Gasteiger charge is 1.99. The Hall–Kier alpha value is -1.58. The van der Waals surface area contributed by atoms with E-state index < -0.39 is 0 Å². The lowest BCUT2D eigenvalue weighted by Crippen LogP contribution is -1.96. The summed E-state index contributed by atoms with van der Waals surface area (Å²) >= 11 is 0. The minimum atomic E-state index is 0. The molecule has 0 saturated heterocycles. The van der Waals surface area contributed by atoms with Crippen molar-refractivity contribution in [3.05, 3.63) is 59.9 Å². The summed E-state index contributed by atoms with van der Waals surface area (Å²) in [6.45, 7) is 0.876. The van der Waals surface area contributed by atoms with Gasteiger partial charge in [-0.3, -0.25) is 4.98 Å². The zero-order chi connectivity index (χ0) is 14.8. The van der Waals surface area contributed by atoms with E-state index >= 15 is 0 Å². The Labute approximate surface area is 138 Å². The molecular weight excluding hydrogens is 298 g/mol. The first-order valence-electron chi connectivity index (χ1n) is 7.60. The molecule has 2 rings (SSSR count). The minimum absolute atomic E-state index is 0. The second kappa shape index (κ2) is 11.0. The molecule has 0 saturated carbocycles. The summed E-state index contributed by atoms with van der Waals surface area (Å²) in [6, 6.07) is 12.2. The van der Waals surface area contributed by atoms with Gasteiger partial charge in [0.15, 0.2) is 0 Å². The molecule has 1 aromatic carbocycles. The van der Waals surface area contributed by atoms with Crippen LogP contribution in [0, 0.1) is 0 Å². The van der Waals surface area contributed by atoms with E-state index in [4.69, 9.17) is 9.84 Å². The molecule has 2 aromatic rings. The quantitative estimate of drug-likeness (QED) is 0.705. The van der Waals surface area contributed by atoms with Crippen molar-refractivity contribution in [1.29, 1.82) is 0 Å². The van der Waals surface area contributed by atoms with Crippen LogP contribution in [0.4, 0.5) is 0 Å². The Morgan fingerprint density at radius 1 is 0.909 bits per heavy atom. The molecule has 0 radical (unpaired) electrons. The number of nitrogens with zero attached hydrogens (tertiary/aromatic N) is 1. The standard InChI is InChI=1S/C18H23NO2.ClH/c20-13-4-2-1-3-6-16-7-5-8-18(14-16)21-15-17-9-11-19-12-10-17;/h5,7-12,14,20H,1-4,6,13,15H2;1H. The van der Waals surface area contributed by atoms with Gasteiger partial charge in [-0.15, -0.1) is 12.4 Å². The average molecular weight is 322 g/mol. The van der Waals surface area contributed by atoms with Crippen LogP contribution in [-0.2, 0) is 13.0 Å². The van der Waals surface area contributed by atoms with Crippen molar-refractivity contribution in [2.75, 3.05) is 6.61 Å². The monoisotopic (exact) mass is 321 g/mol. The minimum Gasteiger partial charge on any atom is -0.489 e. The van der Waals surface area contributed by atoms with Crippen LogP contribution in [0.25, 0.3) is 0 Å². The number of aliphatic hydroxyl groups excluding tert-OH is 1. The van der Waals surface area contributed by atoms with E-state index in [2.05, 4.69) is 17.1 Å². The summed E-state index contributed by atoms with van der Waals surface area (Å²) in [6.07, 6.45) is 8.97. The number of hydrogen-bond donors (Lipinski definition) is 1. The topological polar surface area (TPSA) is 42.4 Å². The van der Waals surface area contributed by atoms with Gasteiger partial charge in [0.05, 0.1) is 0 Å². The number of unbranched alkanes of at least 4 members (excludes halogenated alkanes) is 3. The highest BCUT2D eigenvalue weighted by molar-refractivity contribution is 5.85. The number of pyridine rings is 1. The van der Waals surface area contributed by atoms with Crippen LogP contribution in [0.3, 0.4) is 0 Å². The fourth-order valence-corrected chi connectivity index (χ4v) is 2.23. The molecule has 1 aromatic heterocycles. The van der Waals surface area contributed by atoms with E-state index in [0.29, 0.717) is 13.2 Å². The second-order valence-corrected chi connectivity index (χ2v) is 5.18. The van der Waals surface area contributed by atoms with Crippen LogP contribution >= 0.6 is 12.4 Å². The van der Waals surface area contributed by atoms with Gasteiger partial charge in [0.1, 0.15) is 12.4 Å². The fraction of sp³-hybridized carbons (Fsp3) is 0.389. The summed E-state index contributed by atoms with van der Waals surface area (Å²) in [5.41, 5.74) is 2.44. The number of aromatic nitrogens is 1. The molecule has 0 bridgehead atoms. The predicted molar refractivity (Wildman–Crippen MR) is 91.5 cm³/mol. The molecule has 4 heteroatoms. The van der Waals surface area contributed by atoms with E-state index in [9.17, 15) is 0 Å². The number of aryl methyl sites for hydroxylation is 1. The molecular formula is C18H24ClNO2. The fourth-order valence-electron chi connectivity index (χ4n) is 2.23. The Bertz CT molecular complexity index is 520. The molecule has 0 atom stereocenters. The van der Waals surface area contributed by atoms with Crippen molar-refractivity contribution in [3.8, 4) is 5.75 Å². The van der Waals surface area contributed by atoms with Crippen LogP contribution in [-0.4, -0.2) is 16.7 Å². The normalized spacial score (nSPS) is 10.0. The molecule has 0 aliphatic rings. The number of benzene rings is 1. The summed E-state index contributed by atoms with van der Waals surface area (Å²) in [4.78, 5) is 4.00. The Morgan fingerprint density at radius 3 is 2.45 bits per heavy atom. The maximum atomic E-state index is 8.75. The molecule has 0 unspecified atom stereocenters. The van der Waals surface area contributed by atoms with E-state index in [1.165, 1.54) is 12.0 Å². The van der Waals surface area contributed by atoms with Gasteiger partial charge in [0.2, 0.25) is 0 Å². The Morgan fingerprint density at radius 2 is 1.68 bits per heavy atom. The molecule has 0 spiro atoms. The predicted octanol–water partition coefficient (Wildman–Crippen LogP) is 4.18. The van der Waals surface area contributed by atoms with E-state index in [-0.39, 0.29) is 12.4 Å². The van der Waals surface area contributed by atoms with Gasteiger partial charge in [-0.25, -0.2) is 0 Å². The maximum absolute atomic E-state index is 8.75. The third kappa shape index (κ3) is 6.92. The molecule has 1 heterocycles. The van der Waals surface area contributed by atoms with Gasteiger partial charge >= 0.3 is 0 Å². The molecule has 0 fully saturated rings. The summed E-state index contributed by atoms with van der Waals surface area (Å²) in [5, 5.41) is 8.75. The van der Waals surface area contributed by atoms with Gasteiger partial charge < -0.3 is 9.84 Å². The van der Waals surface area contributed by atoms with E-state index in [1.54, 1.807) is 12.4 Å². The SMILES string of the molecule is Cl.OCCCCCCc1cccc(OCc2ccncc2)c1. The zero-order valence-corrected chi connectivity index (χ0v) is 13.6. The van der Waals surface area contributed by atoms with Gasteiger partial charge in [-0.1, -0.05) is 25.0 Å². The largest absolute Gasteiger partial charge is 0.489 e. The number of aliphatic hydroxyl groups is 1. The first-order chi connectivity index (χ1) is 10.4.